The number of hydrogen-bond acceptors (Lipinski definition) is 3. The standard InChI is InChI=1S/C9H8N2O2S/c1-11-4-6-14-9(11)10-8(12)7-3-2-5-13-7/h2-6H,1H3. The number of aryl methyl sites for hydroxylation is 1. The van der Waals surface area contributed by atoms with Gasteiger partial charge >= 0.3 is 5.91 Å². The zero-order valence-electron chi connectivity index (χ0n) is 7.51. The Morgan fingerprint density at radius 3 is 3.07 bits per heavy atom. The van der Waals surface area contributed by atoms with Gasteiger partial charge in [0.1, 0.15) is 0 Å². The van der Waals surface area contributed by atoms with Gasteiger partial charge < -0.3 is 8.98 Å². The maximum absolute atomic E-state index is 11.5. The van der Waals surface area contributed by atoms with Gasteiger partial charge in [-0.05, 0) is 12.1 Å². The molecular formula is C9H8N2O2S. The van der Waals surface area contributed by atoms with E-state index in [4.69, 9.17) is 4.42 Å². The summed E-state index contributed by atoms with van der Waals surface area (Å²) >= 11 is 1.41. The normalized spacial score (nSPS) is 11.9. The zero-order chi connectivity index (χ0) is 9.97. The molecule has 0 aliphatic carbocycles. The van der Waals surface area contributed by atoms with E-state index in [1.807, 2.05) is 18.6 Å². The predicted molar refractivity (Wildman–Crippen MR) is 51.9 cm³/mol. The molecule has 2 rings (SSSR count). The molecule has 14 heavy (non-hydrogen) atoms. The van der Waals surface area contributed by atoms with Crippen LogP contribution in [-0.4, -0.2) is 10.5 Å². The van der Waals surface area contributed by atoms with E-state index in [0.717, 1.165) is 0 Å². The number of furan rings is 1. The topological polar surface area (TPSA) is 47.5 Å². The van der Waals surface area contributed by atoms with Crippen molar-refractivity contribution in [3.05, 3.63) is 40.5 Å². The van der Waals surface area contributed by atoms with E-state index in [9.17, 15) is 4.79 Å². The summed E-state index contributed by atoms with van der Waals surface area (Å²) in [6.45, 7) is 0. The maximum atomic E-state index is 11.5. The van der Waals surface area contributed by atoms with Crippen molar-refractivity contribution in [2.24, 2.45) is 12.0 Å². The lowest BCUT2D eigenvalue weighted by Gasteiger charge is -1.88. The first-order valence-corrected chi connectivity index (χ1v) is 4.88. The van der Waals surface area contributed by atoms with Crippen LogP contribution in [0.4, 0.5) is 0 Å². The fourth-order valence-corrected chi connectivity index (χ4v) is 1.70. The average molecular weight is 208 g/mol. The minimum atomic E-state index is -0.354. The van der Waals surface area contributed by atoms with Crippen molar-refractivity contribution < 1.29 is 9.21 Å². The molecule has 0 aromatic carbocycles. The highest BCUT2D eigenvalue weighted by molar-refractivity contribution is 7.07. The van der Waals surface area contributed by atoms with Crippen molar-refractivity contribution >= 4 is 17.2 Å². The van der Waals surface area contributed by atoms with Gasteiger partial charge in [0.2, 0.25) is 0 Å². The van der Waals surface area contributed by atoms with Crippen molar-refractivity contribution in [2.45, 2.75) is 0 Å². The van der Waals surface area contributed by atoms with Crippen LogP contribution in [0.5, 0.6) is 0 Å². The quantitative estimate of drug-likeness (QED) is 0.711. The fourth-order valence-electron chi connectivity index (χ4n) is 0.977. The molecule has 0 saturated carbocycles. The molecule has 1 amide bonds. The number of rotatable bonds is 1. The fraction of sp³-hybridized carbons (Fsp3) is 0.111. The van der Waals surface area contributed by atoms with E-state index < -0.39 is 0 Å². The highest BCUT2D eigenvalue weighted by Gasteiger charge is 2.06. The SMILES string of the molecule is Cn1ccsc1=NC(=O)c1ccco1. The lowest BCUT2D eigenvalue weighted by molar-refractivity contribution is 0.0971. The third kappa shape index (κ3) is 1.67. The van der Waals surface area contributed by atoms with Crippen molar-refractivity contribution in [3.63, 3.8) is 0 Å². The Hall–Kier alpha value is -1.62. The smallest absolute Gasteiger partial charge is 0.315 e. The number of nitrogens with zero attached hydrogens (tertiary/aromatic N) is 2. The van der Waals surface area contributed by atoms with Gasteiger partial charge in [0.25, 0.3) is 0 Å². The van der Waals surface area contributed by atoms with Gasteiger partial charge in [-0.1, -0.05) is 0 Å². The van der Waals surface area contributed by atoms with E-state index in [-0.39, 0.29) is 11.7 Å². The average Bonchev–Trinajstić information content (AvgIpc) is 2.77. The van der Waals surface area contributed by atoms with Gasteiger partial charge in [-0.25, -0.2) is 0 Å². The molecule has 2 heterocycles. The summed E-state index contributed by atoms with van der Waals surface area (Å²) in [5.41, 5.74) is 0. The molecule has 0 aliphatic rings. The lowest BCUT2D eigenvalue weighted by Crippen LogP contribution is -2.12. The van der Waals surface area contributed by atoms with E-state index >= 15 is 0 Å². The Morgan fingerprint density at radius 1 is 1.64 bits per heavy atom. The minimum Gasteiger partial charge on any atom is -0.459 e. The van der Waals surface area contributed by atoms with Crippen LogP contribution >= 0.6 is 11.3 Å². The van der Waals surface area contributed by atoms with E-state index in [0.29, 0.717) is 4.80 Å². The second-order valence-electron chi connectivity index (χ2n) is 2.69. The number of hydrogen-bond donors (Lipinski definition) is 0. The largest absolute Gasteiger partial charge is 0.459 e. The molecule has 0 spiro atoms. The van der Waals surface area contributed by atoms with Crippen molar-refractivity contribution in [3.8, 4) is 0 Å². The van der Waals surface area contributed by atoms with Crippen molar-refractivity contribution in [1.29, 1.82) is 0 Å². The van der Waals surface area contributed by atoms with Gasteiger partial charge in [0.05, 0.1) is 6.26 Å². The number of amides is 1. The highest BCUT2D eigenvalue weighted by Crippen LogP contribution is 2.01. The van der Waals surface area contributed by atoms with Gasteiger partial charge in [-0.3, -0.25) is 4.79 Å². The Labute approximate surface area is 84.1 Å². The summed E-state index contributed by atoms with van der Waals surface area (Å²) in [5, 5.41) is 1.87. The summed E-state index contributed by atoms with van der Waals surface area (Å²) < 4.78 is 6.72. The van der Waals surface area contributed by atoms with Gasteiger partial charge in [0.15, 0.2) is 10.6 Å². The summed E-state index contributed by atoms with van der Waals surface area (Å²) in [4.78, 5) is 16.0. The van der Waals surface area contributed by atoms with E-state index in [1.165, 1.54) is 17.6 Å². The van der Waals surface area contributed by atoms with Crippen LogP contribution in [0.15, 0.2) is 39.4 Å². The van der Waals surface area contributed by atoms with Crippen LogP contribution in [0.2, 0.25) is 0 Å². The Balaban J connectivity index is 2.37. The maximum Gasteiger partial charge on any atom is 0.315 e. The zero-order valence-corrected chi connectivity index (χ0v) is 8.32. The first-order valence-electron chi connectivity index (χ1n) is 4.00. The molecule has 2 aromatic heterocycles. The Bertz CT molecular complexity index is 493. The van der Waals surface area contributed by atoms with Crippen molar-refractivity contribution in [1.82, 2.24) is 4.57 Å². The molecule has 2 aromatic rings. The summed E-state index contributed by atoms with van der Waals surface area (Å²) in [6, 6.07) is 3.26. The van der Waals surface area contributed by atoms with Crippen LogP contribution in [0.3, 0.4) is 0 Å². The van der Waals surface area contributed by atoms with Gasteiger partial charge in [0, 0.05) is 18.6 Å². The lowest BCUT2D eigenvalue weighted by atomic mass is 10.4. The molecule has 4 nitrogen and oxygen atoms in total. The number of carbonyl (C=O) groups is 1. The molecule has 0 N–H and O–H groups in total. The number of carbonyl (C=O) groups excluding carboxylic acids is 1. The van der Waals surface area contributed by atoms with Gasteiger partial charge in [-0.15, -0.1) is 11.3 Å². The second kappa shape index (κ2) is 3.63. The number of aromatic nitrogens is 1. The van der Waals surface area contributed by atoms with Crippen LogP contribution in [-0.2, 0) is 7.05 Å². The first kappa shape index (κ1) is 8.96. The van der Waals surface area contributed by atoms with Crippen LogP contribution in [0.1, 0.15) is 10.6 Å². The third-order valence-corrected chi connectivity index (χ3v) is 2.54. The summed E-state index contributed by atoms with van der Waals surface area (Å²) in [7, 11) is 1.84. The van der Waals surface area contributed by atoms with Gasteiger partial charge in [-0.2, -0.15) is 4.99 Å². The summed E-state index contributed by atoms with van der Waals surface area (Å²) in [5.74, 6) is -0.0912. The van der Waals surface area contributed by atoms with E-state index in [2.05, 4.69) is 4.99 Å². The monoisotopic (exact) mass is 208 g/mol. The minimum absolute atomic E-state index is 0.262. The first-order chi connectivity index (χ1) is 6.77. The van der Waals surface area contributed by atoms with Crippen molar-refractivity contribution in [2.75, 3.05) is 0 Å². The molecule has 0 saturated heterocycles. The molecule has 0 unspecified atom stereocenters. The molecule has 0 bridgehead atoms. The molecular weight excluding hydrogens is 200 g/mol. The van der Waals surface area contributed by atoms with Crippen LogP contribution < -0.4 is 4.80 Å². The highest BCUT2D eigenvalue weighted by atomic mass is 32.1. The molecule has 0 radical (unpaired) electrons. The molecule has 0 aliphatic heterocycles. The second-order valence-corrected chi connectivity index (χ2v) is 3.56. The van der Waals surface area contributed by atoms with Crippen LogP contribution in [0, 0.1) is 0 Å². The van der Waals surface area contributed by atoms with E-state index in [1.54, 1.807) is 16.7 Å². The molecule has 0 atom stereocenters. The third-order valence-electron chi connectivity index (χ3n) is 1.69. The molecule has 0 fully saturated rings. The molecule has 5 heteroatoms. The Morgan fingerprint density at radius 2 is 2.50 bits per heavy atom. The molecule has 72 valence electrons. The van der Waals surface area contributed by atoms with Crippen LogP contribution in [0.25, 0.3) is 0 Å². The number of thiazole rings is 1. The summed E-state index contributed by atoms with van der Waals surface area (Å²) in [6.07, 6.45) is 3.30. The Kier molecular flexibility index (Phi) is 2.32. The predicted octanol–water partition coefficient (Wildman–Crippen LogP) is 1.42.